The number of hydrazine groups is 1. The largest absolute Gasteiger partial charge is 0.483 e. The second-order valence-corrected chi connectivity index (χ2v) is 8.46. The van der Waals surface area contributed by atoms with Crippen LogP contribution in [0.5, 0.6) is 5.75 Å². The van der Waals surface area contributed by atoms with Crippen LogP contribution in [0.1, 0.15) is 36.7 Å². The van der Waals surface area contributed by atoms with Gasteiger partial charge in [0.15, 0.2) is 11.7 Å². The highest BCUT2D eigenvalue weighted by atomic mass is 32.1. The Bertz CT molecular complexity index is 1100. The Morgan fingerprint density at radius 1 is 0.903 bits per heavy atom. The quantitative estimate of drug-likeness (QED) is 0.429. The lowest BCUT2D eigenvalue weighted by molar-refractivity contribution is -0.123. The molecule has 2 amide bonds. The number of carbonyl (C=O) groups excluding carboxylic acids is 2. The normalized spacial score (nSPS) is 10.9. The van der Waals surface area contributed by atoms with Crippen LogP contribution in [-0.4, -0.2) is 23.5 Å². The summed E-state index contributed by atoms with van der Waals surface area (Å²) in [6.45, 7) is 6.11. The molecule has 3 aromatic rings. The minimum Gasteiger partial charge on any atom is -0.483 e. The van der Waals surface area contributed by atoms with Crippen LogP contribution in [0.3, 0.4) is 0 Å². The van der Waals surface area contributed by atoms with Crippen molar-refractivity contribution in [3.63, 3.8) is 0 Å². The Balaban J connectivity index is 1.46. The van der Waals surface area contributed by atoms with E-state index in [1.165, 1.54) is 0 Å². The summed E-state index contributed by atoms with van der Waals surface area (Å²) in [6.07, 6.45) is 0. The van der Waals surface area contributed by atoms with Gasteiger partial charge in [-0.2, -0.15) is 0 Å². The molecule has 3 aromatic carbocycles. The molecule has 0 saturated carbocycles. The maximum absolute atomic E-state index is 12.3. The van der Waals surface area contributed by atoms with Gasteiger partial charge in [0.1, 0.15) is 5.75 Å². The molecule has 0 radical (unpaired) electrons. The molecule has 0 bridgehead atoms. The summed E-state index contributed by atoms with van der Waals surface area (Å²) < 4.78 is 5.62. The lowest BCUT2D eigenvalue weighted by Crippen LogP contribution is -2.49. The van der Waals surface area contributed by atoms with E-state index >= 15 is 0 Å². The summed E-state index contributed by atoms with van der Waals surface area (Å²) >= 11 is 5.08. The van der Waals surface area contributed by atoms with Crippen LogP contribution < -0.4 is 20.9 Å². The van der Waals surface area contributed by atoms with Gasteiger partial charge in [-0.15, -0.1) is 0 Å². The van der Waals surface area contributed by atoms with Crippen LogP contribution in [0.2, 0.25) is 0 Å². The first kappa shape index (κ1) is 22.2. The van der Waals surface area contributed by atoms with E-state index < -0.39 is 5.91 Å². The van der Waals surface area contributed by atoms with Gasteiger partial charge in [-0.1, -0.05) is 69.3 Å². The standard InChI is InChI=1S/C24H25N3O3S/c1-24(2,3)18-13-11-17(12-14-18)22(29)25-23(31)27-26-21(28)15-30-20-10-6-8-16-7-4-5-9-19(16)20/h4-14H,15H2,1-3H3,(H,26,28)(H2,25,27,29,31). The van der Waals surface area contributed by atoms with Gasteiger partial charge in [-0.05, 0) is 46.8 Å². The average Bonchev–Trinajstić information content (AvgIpc) is 2.75. The minimum atomic E-state index is -0.431. The number of benzene rings is 3. The van der Waals surface area contributed by atoms with Crippen LogP contribution in [0.25, 0.3) is 10.8 Å². The fraction of sp³-hybridized carbons (Fsp3) is 0.208. The van der Waals surface area contributed by atoms with Crippen molar-refractivity contribution in [1.82, 2.24) is 16.2 Å². The fourth-order valence-electron chi connectivity index (χ4n) is 2.96. The fourth-order valence-corrected chi connectivity index (χ4v) is 3.10. The molecule has 0 fully saturated rings. The number of amides is 2. The minimum absolute atomic E-state index is 0.00422. The Morgan fingerprint density at radius 2 is 1.58 bits per heavy atom. The molecular formula is C24H25N3O3S. The van der Waals surface area contributed by atoms with E-state index in [0.29, 0.717) is 11.3 Å². The van der Waals surface area contributed by atoms with Crippen molar-refractivity contribution in [2.45, 2.75) is 26.2 Å². The van der Waals surface area contributed by atoms with Gasteiger partial charge in [0.25, 0.3) is 11.8 Å². The van der Waals surface area contributed by atoms with E-state index in [-0.39, 0.29) is 23.0 Å². The number of hydrogen-bond acceptors (Lipinski definition) is 4. The van der Waals surface area contributed by atoms with Crippen molar-refractivity contribution < 1.29 is 14.3 Å². The average molecular weight is 436 g/mol. The van der Waals surface area contributed by atoms with Crippen molar-refractivity contribution in [2.75, 3.05) is 6.61 Å². The Hall–Kier alpha value is -3.45. The van der Waals surface area contributed by atoms with Gasteiger partial charge in [-0.3, -0.25) is 25.8 Å². The van der Waals surface area contributed by atoms with Crippen LogP contribution in [-0.2, 0) is 10.2 Å². The monoisotopic (exact) mass is 435 g/mol. The van der Waals surface area contributed by atoms with E-state index in [4.69, 9.17) is 17.0 Å². The molecule has 0 spiro atoms. The highest BCUT2D eigenvalue weighted by molar-refractivity contribution is 7.80. The summed E-state index contributed by atoms with van der Waals surface area (Å²) in [5.41, 5.74) is 6.54. The molecule has 0 aliphatic heterocycles. The molecule has 0 atom stereocenters. The van der Waals surface area contributed by atoms with Crippen molar-refractivity contribution in [3.8, 4) is 5.75 Å². The third-order valence-corrected chi connectivity index (χ3v) is 4.87. The molecule has 0 aliphatic carbocycles. The number of nitrogens with one attached hydrogen (secondary N) is 3. The molecule has 6 nitrogen and oxygen atoms in total. The van der Waals surface area contributed by atoms with E-state index in [9.17, 15) is 9.59 Å². The summed E-state index contributed by atoms with van der Waals surface area (Å²) in [7, 11) is 0. The van der Waals surface area contributed by atoms with Crippen molar-refractivity contribution in [2.24, 2.45) is 0 Å². The summed E-state index contributed by atoms with van der Waals surface area (Å²) in [5.74, 6) is -0.180. The first-order valence-electron chi connectivity index (χ1n) is 9.85. The van der Waals surface area contributed by atoms with Crippen molar-refractivity contribution in [3.05, 3.63) is 77.9 Å². The van der Waals surface area contributed by atoms with E-state index in [0.717, 1.165) is 16.3 Å². The number of thiocarbonyl (C=S) groups is 1. The maximum Gasteiger partial charge on any atom is 0.276 e. The molecule has 0 saturated heterocycles. The highest BCUT2D eigenvalue weighted by Crippen LogP contribution is 2.25. The second-order valence-electron chi connectivity index (χ2n) is 8.05. The third-order valence-electron chi connectivity index (χ3n) is 4.66. The summed E-state index contributed by atoms with van der Waals surface area (Å²) in [5, 5.41) is 4.47. The summed E-state index contributed by atoms with van der Waals surface area (Å²) in [6, 6.07) is 20.7. The molecule has 3 N–H and O–H groups in total. The third kappa shape index (κ3) is 6.02. The molecule has 0 aliphatic rings. The molecule has 3 rings (SSSR count). The lowest BCUT2D eigenvalue weighted by Gasteiger charge is -2.19. The topological polar surface area (TPSA) is 79.5 Å². The Kier molecular flexibility index (Phi) is 6.87. The molecular weight excluding hydrogens is 410 g/mol. The zero-order valence-electron chi connectivity index (χ0n) is 17.7. The predicted octanol–water partition coefficient (Wildman–Crippen LogP) is 3.85. The molecule has 0 heterocycles. The SMILES string of the molecule is CC(C)(C)c1ccc(C(=O)NC(=S)NNC(=O)COc2cccc3ccccc23)cc1. The zero-order chi connectivity index (χ0) is 22.4. The first-order chi connectivity index (χ1) is 14.7. The van der Waals surface area contributed by atoms with E-state index in [2.05, 4.69) is 36.9 Å². The molecule has 0 aromatic heterocycles. The first-order valence-corrected chi connectivity index (χ1v) is 10.3. The number of hydrogen-bond donors (Lipinski definition) is 3. The number of rotatable bonds is 4. The molecule has 0 unspecified atom stereocenters. The van der Waals surface area contributed by atoms with Crippen LogP contribution in [0, 0.1) is 0 Å². The maximum atomic E-state index is 12.3. The van der Waals surface area contributed by atoms with Gasteiger partial charge in [0.2, 0.25) is 0 Å². The van der Waals surface area contributed by atoms with Gasteiger partial charge in [0, 0.05) is 10.9 Å². The number of fused-ring (bicyclic) bond motifs is 1. The second kappa shape index (κ2) is 9.57. The molecule has 31 heavy (non-hydrogen) atoms. The molecule has 7 heteroatoms. The Morgan fingerprint density at radius 3 is 2.29 bits per heavy atom. The van der Waals surface area contributed by atoms with Crippen LogP contribution in [0.15, 0.2) is 66.7 Å². The van der Waals surface area contributed by atoms with Crippen LogP contribution in [0.4, 0.5) is 0 Å². The highest BCUT2D eigenvalue weighted by Gasteiger charge is 2.15. The van der Waals surface area contributed by atoms with E-state index in [1.54, 1.807) is 18.2 Å². The van der Waals surface area contributed by atoms with E-state index in [1.807, 2.05) is 48.5 Å². The van der Waals surface area contributed by atoms with Gasteiger partial charge >= 0.3 is 0 Å². The number of ether oxygens (including phenoxy) is 1. The number of carbonyl (C=O) groups is 2. The van der Waals surface area contributed by atoms with Crippen LogP contribution >= 0.6 is 12.2 Å². The molecule has 160 valence electrons. The Labute approximate surface area is 187 Å². The van der Waals surface area contributed by atoms with Gasteiger partial charge in [0.05, 0.1) is 0 Å². The van der Waals surface area contributed by atoms with Gasteiger partial charge < -0.3 is 4.74 Å². The van der Waals surface area contributed by atoms with Crippen molar-refractivity contribution in [1.29, 1.82) is 0 Å². The predicted molar refractivity (Wildman–Crippen MR) is 126 cm³/mol. The van der Waals surface area contributed by atoms with Gasteiger partial charge in [-0.25, -0.2) is 0 Å². The smallest absolute Gasteiger partial charge is 0.276 e. The summed E-state index contributed by atoms with van der Waals surface area (Å²) in [4.78, 5) is 24.4. The van der Waals surface area contributed by atoms with Crippen molar-refractivity contribution >= 4 is 39.9 Å². The lowest BCUT2D eigenvalue weighted by atomic mass is 9.87. The zero-order valence-corrected chi connectivity index (χ0v) is 18.5.